The molecule has 0 spiro atoms. The van der Waals surface area contributed by atoms with Gasteiger partial charge in [0.25, 0.3) is 0 Å². The van der Waals surface area contributed by atoms with E-state index < -0.39 is 0 Å². The molecular weight excluding hydrogens is 144 g/mol. The molecule has 2 rings (SSSR count). The van der Waals surface area contributed by atoms with Crippen LogP contribution in [0.2, 0.25) is 0 Å². The van der Waals surface area contributed by atoms with Crippen molar-refractivity contribution in [2.75, 3.05) is 0 Å². The van der Waals surface area contributed by atoms with Crippen LogP contribution in [0, 0.1) is 0 Å². The van der Waals surface area contributed by atoms with E-state index in [9.17, 15) is 9.59 Å². The maximum Gasteiger partial charge on any atom is 0.128 e. The first-order chi connectivity index (χ1) is 5.38. The van der Waals surface area contributed by atoms with E-state index in [1.807, 2.05) is 0 Å². The van der Waals surface area contributed by atoms with Crippen molar-refractivity contribution in [1.29, 1.82) is 0 Å². The van der Waals surface area contributed by atoms with Crippen molar-refractivity contribution >= 4 is 12.6 Å². The summed E-state index contributed by atoms with van der Waals surface area (Å²) in [5.41, 5.74) is 1.72. The molecule has 1 aliphatic rings. The second-order valence-electron chi connectivity index (χ2n) is 2.61. The standard InChI is InChI=1S/C8H6O3/c9-1-5-6(2-10)8-4-11-3-7(5)8/h1-6H. The summed E-state index contributed by atoms with van der Waals surface area (Å²) in [5.74, 6) is -0.525. The van der Waals surface area contributed by atoms with Gasteiger partial charge >= 0.3 is 0 Å². The van der Waals surface area contributed by atoms with Crippen molar-refractivity contribution < 1.29 is 14.0 Å². The van der Waals surface area contributed by atoms with Gasteiger partial charge in [0.2, 0.25) is 0 Å². The minimum absolute atomic E-state index is 0.263. The fourth-order valence-corrected chi connectivity index (χ4v) is 1.47. The smallest absolute Gasteiger partial charge is 0.128 e. The summed E-state index contributed by atoms with van der Waals surface area (Å²) in [7, 11) is 0. The summed E-state index contributed by atoms with van der Waals surface area (Å²) >= 11 is 0. The van der Waals surface area contributed by atoms with Crippen LogP contribution in [0.15, 0.2) is 16.9 Å². The number of rotatable bonds is 2. The first kappa shape index (κ1) is 6.34. The van der Waals surface area contributed by atoms with E-state index in [0.29, 0.717) is 0 Å². The molecule has 0 amide bonds. The summed E-state index contributed by atoms with van der Waals surface area (Å²) in [6, 6.07) is 0. The lowest BCUT2D eigenvalue weighted by atomic mass is 9.72. The highest BCUT2D eigenvalue weighted by atomic mass is 16.3. The van der Waals surface area contributed by atoms with Crippen LogP contribution < -0.4 is 0 Å². The Morgan fingerprint density at radius 1 is 1.09 bits per heavy atom. The summed E-state index contributed by atoms with van der Waals surface area (Å²) in [4.78, 5) is 20.8. The van der Waals surface area contributed by atoms with Crippen LogP contribution in [0.5, 0.6) is 0 Å². The van der Waals surface area contributed by atoms with Crippen molar-refractivity contribution in [3.05, 3.63) is 23.7 Å². The van der Waals surface area contributed by atoms with E-state index in [1.165, 1.54) is 12.5 Å². The molecule has 3 heteroatoms. The number of aldehydes is 2. The van der Waals surface area contributed by atoms with E-state index in [1.54, 1.807) is 0 Å². The van der Waals surface area contributed by atoms with Gasteiger partial charge in [0.1, 0.15) is 12.6 Å². The Bertz CT molecular complexity index is 272. The number of carbonyl (C=O) groups is 2. The molecule has 0 saturated carbocycles. The van der Waals surface area contributed by atoms with E-state index in [-0.39, 0.29) is 11.8 Å². The van der Waals surface area contributed by atoms with Gasteiger partial charge in [0, 0.05) is 11.1 Å². The predicted octanol–water partition coefficient (Wildman–Crippen LogP) is 0.858. The fraction of sp³-hybridized carbons (Fsp3) is 0.250. The molecule has 1 aromatic heterocycles. The summed E-state index contributed by atoms with van der Waals surface area (Å²) < 4.78 is 4.85. The number of hydrogen-bond donors (Lipinski definition) is 0. The highest BCUT2D eigenvalue weighted by molar-refractivity contribution is 5.82. The average molecular weight is 150 g/mol. The summed E-state index contributed by atoms with van der Waals surface area (Å²) in [6.07, 6.45) is 4.62. The minimum atomic E-state index is -0.263. The van der Waals surface area contributed by atoms with Crippen LogP contribution in [-0.2, 0) is 9.59 Å². The Morgan fingerprint density at radius 3 is 1.91 bits per heavy atom. The zero-order valence-corrected chi connectivity index (χ0v) is 5.69. The largest absolute Gasteiger partial charge is 0.472 e. The van der Waals surface area contributed by atoms with Gasteiger partial charge in [-0.2, -0.15) is 0 Å². The molecule has 56 valence electrons. The maximum atomic E-state index is 10.4. The quantitative estimate of drug-likeness (QED) is 0.587. The van der Waals surface area contributed by atoms with Gasteiger partial charge in [-0.05, 0) is 0 Å². The maximum absolute atomic E-state index is 10.4. The van der Waals surface area contributed by atoms with Gasteiger partial charge in [-0.15, -0.1) is 0 Å². The van der Waals surface area contributed by atoms with Crippen LogP contribution >= 0.6 is 0 Å². The number of furan rings is 1. The second-order valence-corrected chi connectivity index (χ2v) is 2.61. The molecule has 0 saturated heterocycles. The predicted molar refractivity (Wildman–Crippen MR) is 36.3 cm³/mol. The van der Waals surface area contributed by atoms with Crippen LogP contribution in [0.3, 0.4) is 0 Å². The minimum Gasteiger partial charge on any atom is -0.472 e. The van der Waals surface area contributed by atoms with Gasteiger partial charge in [-0.1, -0.05) is 0 Å². The van der Waals surface area contributed by atoms with E-state index in [0.717, 1.165) is 23.7 Å². The van der Waals surface area contributed by atoms with Gasteiger partial charge in [-0.3, -0.25) is 0 Å². The van der Waals surface area contributed by atoms with Gasteiger partial charge in [0.15, 0.2) is 0 Å². The number of carbonyl (C=O) groups excluding carboxylic acids is 2. The molecule has 0 bridgehead atoms. The second kappa shape index (κ2) is 2.05. The highest BCUT2D eigenvalue weighted by Gasteiger charge is 2.38. The third-order valence-electron chi connectivity index (χ3n) is 2.12. The highest BCUT2D eigenvalue weighted by Crippen LogP contribution is 2.44. The molecule has 0 fully saturated rings. The SMILES string of the molecule is O=CC1c2cocc2C1C=O. The number of fused-ring (bicyclic) bond motifs is 1. The lowest BCUT2D eigenvalue weighted by Crippen LogP contribution is -2.24. The zero-order chi connectivity index (χ0) is 7.84. The normalized spacial score (nSPS) is 26.9. The Hall–Kier alpha value is -1.38. The average Bonchev–Trinajstić information content (AvgIpc) is 2.36. The molecule has 0 N–H and O–H groups in total. The lowest BCUT2D eigenvalue weighted by Gasteiger charge is -2.26. The van der Waals surface area contributed by atoms with Gasteiger partial charge in [-0.25, -0.2) is 0 Å². The third kappa shape index (κ3) is 0.623. The van der Waals surface area contributed by atoms with Crippen LogP contribution in [0.4, 0.5) is 0 Å². The first-order valence-electron chi connectivity index (χ1n) is 3.35. The third-order valence-corrected chi connectivity index (χ3v) is 2.12. The molecule has 2 atom stereocenters. The molecule has 0 aliphatic heterocycles. The van der Waals surface area contributed by atoms with Crippen molar-refractivity contribution in [3.63, 3.8) is 0 Å². The number of hydrogen-bond acceptors (Lipinski definition) is 3. The summed E-state index contributed by atoms with van der Waals surface area (Å²) in [6.45, 7) is 0. The van der Waals surface area contributed by atoms with Crippen molar-refractivity contribution in [2.24, 2.45) is 0 Å². The van der Waals surface area contributed by atoms with Crippen LogP contribution in [-0.4, -0.2) is 12.6 Å². The lowest BCUT2D eigenvalue weighted by molar-refractivity contribution is -0.115. The zero-order valence-electron chi connectivity index (χ0n) is 5.69. The Morgan fingerprint density at radius 2 is 1.55 bits per heavy atom. The monoisotopic (exact) mass is 150 g/mol. The first-order valence-corrected chi connectivity index (χ1v) is 3.35. The van der Waals surface area contributed by atoms with Gasteiger partial charge < -0.3 is 14.0 Å². The van der Waals surface area contributed by atoms with Crippen molar-refractivity contribution in [1.82, 2.24) is 0 Å². The Labute approximate surface area is 63.0 Å². The van der Waals surface area contributed by atoms with E-state index >= 15 is 0 Å². The Kier molecular flexibility index (Phi) is 1.18. The van der Waals surface area contributed by atoms with E-state index in [4.69, 9.17) is 4.42 Å². The molecular formula is C8H6O3. The van der Waals surface area contributed by atoms with Crippen LogP contribution in [0.25, 0.3) is 0 Å². The molecule has 1 heterocycles. The Balaban J connectivity index is 2.43. The molecule has 1 aromatic rings. The van der Waals surface area contributed by atoms with Crippen molar-refractivity contribution in [3.8, 4) is 0 Å². The molecule has 0 radical (unpaired) electrons. The molecule has 2 unspecified atom stereocenters. The molecule has 3 nitrogen and oxygen atoms in total. The van der Waals surface area contributed by atoms with E-state index in [2.05, 4.69) is 0 Å². The topological polar surface area (TPSA) is 47.3 Å². The molecule has 0 aromatic carbocycles. The fourth-order valence-electron chi connectivity index (χ4n) is 1.47. The van der Waals surface area contributed by atoms with Crippen LogP contribution in [0.1, 0.15) is 23.0 Å². The van der Waals surface area contributed by atoms with Gasteiger partial charge in [0.05, 0.1) is 24.4 Å². The van der Waals surface area contributed by atoms with Crippen molar-refractivity contribution in [2.45, 2.75) is 11.8 Å². The molecule has 1 aliphatic carbocycles. The summed E-state index contributed by atoms with van der Waals surface area (Å²) in [5, 5.41) is 0. The molecule has 11 heavy (non-hydrogen) atoms.